The highest BCUT2D eigenvalue weighted by atomic mass is 16.3. The van der Waals surface area contributed by atoms with Gasteiger partial charge < -0.3 is 9.90 Å². The van der Waals surface area contributed by atoms with Crippen LogP contribution >= 0.6 is 0 Å². The average Bonchev–Trinajstić information content (AvgIpc) is 2.97. The molecule has 0 aromatic rings. The zero-order valence-electron chi connectivity index (χ0n) is 20.7. The molecule has 2 heteroatoms. The molecular weight excluding hydrogens is 344 g/mol. The van der Waals surface area contributed by atoms with Gasteiger partial charge in [0.15, 0.2) is 0 Å². The summed E-state index contributed by atoms with van der Waals surface area (Å²) in [7, 11) is 0. The molecule has 0 aliphatic heterocycles. The number of carbonyl (C=O) groups excluding carboxylic acids is 1. The molecule has 28 heavy (non-hydrogen) atoms. The zero-order chi connectivity index (χ0) is 22.1. The first-order valence-corrected chi connectivity index (χ1v) is 11.7. The number of allylic oxidation sites excluding steroid dienone is 1. The fourth-order valence-corrected chi connectivity index (χ4v) is 8.11. The molecule has 0 saturated heterocycles. The Morgan fingerprint density at radius 3 is 2.68 bits per heavy atom. The van der Waals surface area contributed by atoms with Gasteiger partial charge in [-0.2, -0.15) is 0 Å². The summed E-state index contributed by atoms with van der Waals surface area (Å²) in [6.45, 7) is 10.5. The van der Waals surface area contributed by atoms with Gasteiger partial charge in [0.2, 0.25) is 0 Å². The fourth-order valence-electron chi connectivity index (χ4n) is 8.11. The molecule has 158 valence electrons. The second kappa shape index (κ2) is 6.96. The standard InChI is InChI=1S/C26H42O2/c1-17(6-7-18(2)27)21-10-11-22-20-9-8-19-16-24(3,28)14-15-25(19,4)23(20)12-13-26(21,22)5/h8,17,20-23,28H,6-7,9-16H2,1-5H3/t17-,20+,21-,22+,23+,24+,25+,26-/m1/s1/i6D2. The third kappa shape index (κ3) is 3.22. The Kier molecular flexibility index (Phi) is 4.52. The van der Waals surface area contributed by atoms with E-state index >= 15 is 0 Å². The minimum Gasteiger partial charge on any atom is -0.390 e. The molecule has 3 saturated carbocycles. The first kappa shape index (κ1) is 18.2. The summed E-state index contributed by atoms with van der Waals surface area (Å²) in [4.78, 5) is 11.7. The van der Waals surface area contributed by atoms with Gasteiger partial charge in [0.05, 0.1) is 5.60 Å². The molecule has 0 aromatic heterocycles. The van der Waals surface area contributed by atoms with Crippen molar-refractivity contribution in [2.24, 2.45) is 40.4 Å². The lowest BCUT2D eigenvalue weighted by atomic mass is 9.46. The van der Waals surface area contributed by atoms with Crippen LogP contribution in [0.1, 0.15) is 102 Å². The van der Waals surface area contributed by atoms with Crippen LogP contribution in [0.4, 0.5) is 0 Å². The average molecular weight is 389 g/mol. The molecule has 0 radical (unpaired) electrons. The van der Waals surface area contributed by atoms with Gasteiger partial charge in [-0.05, 0) is 112 Å². The summed E-state index contributed by atoms with van der Waals surface area (Å²) in [5, 5.41) is 10.6. The largest absolute Gasteiger partial charge is 0.390 e. The number of hydrogen-bond donors (Lipinski definition) is 1. The SMILES string of the molecule is [2H]C([2H])(CC(C)=O)[C@@H](C)[C@H]1CC[C@H]2[C@@H]3CC=C4C[C@@](C)(O)CC[C@]4(C)[C@H]3CC[C@]12C. The number of Topliss-reactive ketones (excluding diaryl/α,β-unsaturated/α-hetero) is 1. The lowest BCUT2D eigenvalue weighted by Gasteiger charge is -2.59. The van der Waals surface area contributed by atoms with Crippen LogP contribution in [0.25, 0.3) is 0 Å². The van der Waals surface area contributed by atoms with Crippen LogP contribution in [-0.4, -0.2) is 16.5 Å². The molecule has 4 rings (SSSR count). The molecule has 0 heterocycles. The Labute approximate surface area is 175 Å². The Morgan fingerprint density at radius 2 is 1.96 bits per heavy atom. The third-order valence-corrected chi connectivity index (χ3v) is 9.73. The van der Waals surface area contributed by atoms with E-state index in [1.807, 2.05) is 6.92 Å². The van der Waals surface area contributed by atoms with Crippen molar-refractivity contribution in [2.45, 2.75) is 104 Å². The van der Waals surface area contributed by atoms with E-state index in [0.29, 0.717) is 23.7 Å². The van der Waals surface area contributed by atoms with Crippen molar-refractivity contribution in [2.75, 3.05) is 0 Å². The maximum Gasteiger partial charge on any atom is 0.129 e. The second-order valence-electron chi connectivity index (χ2n) is 11.5. The number of hydrogen-bond acceptors (Lipinski definition) is 2. The van der Waals surface area contributed by atoms with Gasteiger partial charge in [-0.25, -0.2) is 0 Å². The molecule has 3 fully saturated rings. The van der Waals surface area contributed by atoms with Gasteiger partial charge in [0.1, 0.15) is 5.78 Å². The van der Waals surface area contributed by atoms with Crippen molar-refractivity contribution in [3.8, 4) is 0 Å². The van der Waals surface area contributed by atoms with Gasteiger partial charge in [-0.3, -0.25) is 0 Å². The monoisotopic (exact) mass is 388 g/mol. The molecule has 0 amide bonds. The molecule has 1 N–H and O–H groups in total. The van der Waals surface area contributed by atoms with Gasteiger partial charge in [0, 0.05) is 9.16 Å². The topological polar surface area (TPSA) is 37.3 Å². The Morgan fingerprint density at radius 1 is 1.21 bits per heavy atom. The minimum atomic E-state index is -1.41. The highest BCUT2D eigenvalue weighted by Crippen LogP contribution is 2.67. The van der Waals surface area contributed by atoms with E-state index in [9.17, 15) is 9.90 Å². The van der Waals surface area contributed by atoms with Crippen LogP contribution < -0.4 is 0 Å². The van der Waals surface area contributed by atoms with Crippen LogP contribution in [0.5, 0.6) is 0 Å². The van der Waals surface area contributed by atoms with Crippen LogP contribution in [0.15, 0.2) is 11.6 Å². The summed E-state index contributed by atoms with van der Waals surface area (Å²) >= 11 is 0. The molecule has 4 aliphatic carbocycles. The van der Waals surface area contributed by atoms with E-state index < -0.39 is 12.0 Å². The maximum absolute atomic E-state index is 11.7. The lowest BCUT2D eigenvalue weighted by Crippen LogP contribution is -2.52. The van der Waals surface area contributed by atoms with Gasteiger partial charge in [-0.1, -0.05) is 32.4 Å². The normalized spacial score (nSPS) is 50.4. The van der Waals surface area contributed by atoms with E-state index in [1.165, 1.54) is 31.8 Å². The van der Waals surface area contributed by atoms with Crippen LogP contribution in [-0.2, 0) is 4.79 Å². The Balaban J connectivity index is 1.58. The first-order valence-electron chi connectivity index (χ1n) is 12.7. The summed E-state index contributed by atoms with van der Waals surface area (Å²) in [5.41, 5.74) is 1.38. The van der Waals surface area contributed by atoms with Gasteiger partial charge in [0.25, 0.3) is 0 Å². The number of ketones is 1. The third-order valence-electron chi connectivity index (χ3n) is 9.73. The van der Waals surface area contributed by atoms with E-state index in [0.717, 1.165) is 32.1 Å². The van der Waals surface area contributed by atoms with E-state index in [2.05, 4.69) is 26.8 Å². The number of rotatable bonds is 4. The highest BCUT2D eigenvalue weighted by Gasteiger charge is 2.59. The molecule has 0 aromatic carbocycles. The van der Waals surface area contributed by atoms with Crippen LogP contribution in [0.3, 0.4) is 0 Å². The second-order valence-corrected chi connectivity index (χ2v) is 11.5. The van der Waals surface area contributed by atoms with Crippen molar-refractivity contribution in [1.29, 1.82) is 0 Å². The van der Waals surface area contributed by atoms with Crippen molar-refractivity contribution < 1.29 is 12.6 Å². The van der Waals surface area contributed by atoms with Crippen molar-refractivity contribution in [1.82, 2.24) is 0 Å². The van der Waals surface area contributed by atoms with Crippen LogP contribution in [0.2, 0.25) is 0 Å². The maximum atomic E-state index is 11.7. The fraction of sp³-hybridized carbons (Fsp3) is 0.885. The lowest BCUT2D eigenvalue weighted by molar-refractivity contribution is -0.117. The predicted molar refractivity (Wildman–Crippen MR) is 115 cm³/mol. The molecule has 0 bridgehead atoms. The molecule has 0 unspecified atom stereocenters. The van der Waals surface area contributed by atoms with E-state index in [4.69, 9.17) is 2.74 Å². The van der Waals surface area contributed by atoms with Crippen molar-refractivity contribution in [3.05, 3.63) is 11.6 Å². The molecule has 2 nitrogen and oxygen atoms in total. The van der Waals surface area contributed by atoms with Gasteiger partial charge in [-0.15, -0.1) is 0 Å². The quantitative estimate of drug-likeness (QED) is 0.572. The minimum absolute atomic E-state index is 0.0405. The first-order chi connectivity index (χ1) is 13.8. The Bertz CT molecular complexity index is 741. The summed E-state index contributed by atoms with van der Waals surface area (Å²) in [6, 6.07) is 0. The van der Waals surface area contributed by atoms with E-state index in [-0.39, 0.29) is 29.0 Å². The summed E-state index contributed by atoms with van der Waals surface area (Å²) in [5.74, 6) is 2.30. The number of carbonyl (C=O) groups is 1. The number of fused-ring (bicyclic) bond motifs is 5. The Hall–Kier alpha value is -0.630. The summed E-state index contributed by atoms with van der Waals surface area (Å²) < 4.78 is 17.2. The van der Waals surface area contributed by atoms with Crippen molar-refractivity contribution in [3.63, 3.8) is 0 Å². The van der Waals surface area contributed by atoms with Crippen molar-refractivity contribution >= 4 is 5.78 Å². The zero-order valence-corrected chi connectivity index (χ0v) is 18.7. The van der Waals surface area contributed by atoms with E-state index in [1.54, 1.807) is 0 Å². The van der Waals surface area contributed by atoms with Crippen LogP contribution in [0, 0.1) is 40.4 Å². The smallest absolute Gasteiger partial charge is 0.129 e. The molecule has 4 aliphatic rings. The number of aliphatic hydroxyl groups is 1. The molecular formula is C26H42O2. The predicted octanol–water partition coefficient (Wildman–Crippen LogP) is 6.32. The summed E-state index contributed by atoms with van der Waals surface area (Å²) in [6.07, 6.45) is 9.79. The molecule has 0 spiro atoms. The molecule has 8 atom stereocenters. The highest BCUT2D eigenvalue weighted by molar-refractivity contribution is 5.75. The van der Waals surface area contributed by atoms with Gasteiger partial charge >= 0.3 is 0 Å².